The second kappa shape index (κ2) is 10.2. The average molecular weight is 445 g/mol. The van der Waals surface area contributed by atoms with Crippen molar-refractivity contribution < 1.29 is 23.2 Å². The van der Waals surface area contributed by atoms with Crippen molar-refractivity contribution in [2.24, 2.45) is 0 Å². The largest absolute Gasteiger partial charge is 0.480 e. The predicted molar refractivity (Wildman–Crippen MR) is 115 cm³/mol. The van der Waals surface area contributed by atoms with Crippen LogP contribution < -0.4 is 10.0 Å². The van der Waals surface area contributed by atoms with E-state index in [2.05, 4.69) is 17.2 Å². The first-order valence-corrected chi connectivity index (χ1v) is 10.8. The molecule has 164 valence electrons. The molecule has 0 aliphatic heterocycles. The summed E-state index contributed by atoms with van der Waals surface area (Å²) in [6, 6.07) is 12.8. The second-order valence-electron chi connectivity index (χ2n) is 7.21. The highest BCUT2D eigenvalue weighted by Gasteiger charge is 2.30. The molecule has 0 spiro atoms. The van der Waals surface area contributed by atoms with Gasteiger partial charge in [-0.05, 0) is 25.5 Å². The molecule has 1 atom stereocenters. The maximum atomic E-state index is 12.6. The topological polar surface area (TPSA) is 139 Å². The lowest BCUT2D eigenvalue weighted by molar-refractivity contribution is -0.387. The molecule has 0 bridgehead atoms. The Kier molecular flexibility index (Phi) is 7.88. The molecule has 0 saturated heterocycles. The van der Waals surface area contributed by atoms with E-state index in [0.29, 0.717) is 6.54 Å². The Hall–Kier alpha value is -3.26. The Morgan fingerprint density at radius 3 is 2.39 bits per heavy atom. The molecule has 0 aliphatic carbocycles. The van der Waals surface area contributed by atoms with Gasteiger partial charge in [-0.1, -0.05) is 54.3 Å². The van der Waals surface area contributed by atoms with Crippen LogP contribution in [0.2, 0.25) is 0 Å². The molecule has 0 saturated carbocycles. The van der Waals surface area contributed by atoms with Gasteiger partial charge in [-0.2, -0.15) is 4.72 Å². The van der Waals surface area contributed by atoms with Gasteiger partial charge >= 0.3 is 5.97 Å². The number of para-hydroxylation sites is 1. The van der Waals surface area contributed by atoms with E-state index in [9.17, 15) is 28.4 Å². The lowest BCUT2D eigenvalue weighted by Gasteiger charge is -2.20. The zero-order valence-electron chi connectivity index (χ0n) is 17.0. The lowest BCUT2D eigenvalue weighted by atomic mass is 10.0. The molecule has 3 N–H and O–H groups in total. The first-order valence-electron chi connectivity index (χ1n) is 9.29. The van der Waals surface area contributed by atoms with Crippen molar-refractivity contribution in [3.8, 4) is 11.8 Å². The number of nitro benzene ring substituents is 1. The Morgan fingerprint density at radius 1 is 1.16 bits per heavy atom. The molecule has 0 aromatic heterocycles. The minimum Gasteiger partial charge on any atom is -0.480 e. The van der Waals surface area contributed by atoms with E-state index in [1.165, 1.54) is 12.1 Å². The second-order valence-corrected chi connectivity index (χ2v) is 8.89. The van der Waals surface area contributed by atoms with Gasteiger partial charge in [0, 0.05) is 19.0 Å². The van der Waals surface area contributed by atoms with Gasteiger partial charge in [0.2, 0.25) is 10.0 Å². The minimum atomic E-state index is -4.45. The van der Waals surface area contributed by atoms with E-state index in [0.717, 1.165) is 17.7 Å². The third-order valence-electron chi connectivity index (χ3n) is 4.23. The van der Waals surface area contributed by atoms with Crippen LogP contribution in [0.15, 0.2) is 59.5 Å². The summed E-state index contributed by atoms with van der Waals surface area (Å²) in [6.07, 6.45) is -0.314. The summed E-state index contributed by atoms with van der Waals surface area (Å²) in [5.41, 5.74) is -0.245. The molecular formula is C21H23N3O6S. The van der Waals surface area contributed by atoms with E-state index in [-0.39, 0.29) is 6.42 Å². The van der Waals surface area contributed by atoms with E-state index in [1.807, 2.05) is 48.9 Å². The maximum Gasteiger partial charge on any atom is 0.322 e. The van der Waals surface area contributed by atoms with Gasteiger partial charge in [-0.15, -0.1) is 0 Å². The number of rotatable bonds is 9. The monoisotopic (exact) mass is 445 g/mol. The molecule has 2 aromatic carbocycles. The summed E-state index contributed by atoms with van der Waals surface area (Å²) in [5, 5.41) is 23.7. The molecule has 0 heterocycles. The molecule has 9 nitrogen and oxygen atoms in total. The van der Waals surface area contributed by atoms with E-state index in [4.69, 9.17) is 0 Å². The van der Waals surface area contributed by atoms with Gasteiger partial charge in [-0.25, -0.2) is 8.42 Å². The number of carbonyl (C=O) groups is 1. The number of benzene rings is 2. The van der Waals surface area contributed by atoms with Gasteiger partial charge in [0.05, 0.1) is 10.5 Å². The van der Waals surface area contributed by atoms with Crippen LogP contribution >= 0.6 is 0 Å². The molecule has 31 heavy (non-hydrogen) atoms. The van der Waals surface area contributed by atoms with Gasteiger partial charge < -0.3 is 5.11 Å². The van der Waals surface area contributed by atoms with Crippen molar-refractivity contribution in [3.63, 3.8) is 0 Å². The van der Waals surface area contributed by atoms with Crippen LogP contribution in [0, 0.1) is 22.0 Å². The van der Waals surface area contributed by atoms with Crippen molar-refractivity contribution in [2.75, 3.05) is 0 Å². The number of carboxylic acids is 1. The van der Waals surface area contributed by atoms with Gasteiger partial charge in [0.15, 0.2) is 4.90 Å². The molecule has 0 amide bonds. The zero-order chi connectivity index (χ0) is 23.1. The van der Waals surface area contributed by atoms with Crippen LogP contribution in [-0.2, 0) is 21.4 Å². The lowest BCUT2D eigenvalue weighted by Crippen LogP contribution is -2.41. The standard InChI is InChI=1S/C21H23N3O6S/c1-21(2,22-15-16-9-4-3-5-10-16)14-8-11-17(20(25)26)23-31(29,30)19-13-7-6-12-18(19)24(27)28/h3-7,9-10,12-13,17,22-23H,11,15H2,1-2H3,(H,25,26)/t17-/m0/s1. The third kappa shape index (κ3) is 7.18. The van der Waals surface area contributed by atoms with Crippen LogP contribution in [0.5, 0.6) is 0 Å². The van der Waals surface area contributed by atoms with Crippen molar-refractivity contribution in [1.29, 1.82) is 0 Å². The highest BCUT2D eigenvalue weighted by molar-refractivity contribution is 7.89. The Labute approximate surface area is 180 Å². The van der Waals surface area contributed by atoms with E-state index >= 15 is 0 Å². The first-order chi connectivity index (χ1) is 14.5. The minimum absolute atomic E-state index is 0.314. The molecule has 2 rings (SSSR count). The smallest absolute Gasteiger partial charge is 0.322 e. The molecule has 0 unspecified atom stereocenters. The van der Waals surface area contributed by atoms with Crippen LogP contribution in [0.4, 0.5) is 5.69 Å². The number of nitrogens with zero attached hydrogens (tertiary/aromatic N) is 1. The summed E-state index contributed by atoms with van der Waals surface area (Å²) >= 11 is 0. The summed E-state index contributed by atoms with van der Waals surface area (Å²) in [5.74, 6) is 4.16. The number of sulfonamides is 1. The van der Waals surface area contributed by atoms with Gasteiger partial charge in [0.25, 0.3) is 5.69 Å². The number of hydrogen-bond donors (Lipinski definition) is 3. The van der Waals surface area contributed by atoms with Crippen molar-refractivity contribution in [1.82, 2.24) is 10.0 Å². The van der Waals surface area contributed by atoms with Crippen molar-refractivity contribution >= 4 is 21.7 Å². The molecule has 0 radical (unpaired) electrons. The number of carboxylic acid groups (broad SMARTS) is 1. The van der Waals surface area contributed by atoms with E-state index in [1.54, 1.807) is 0 Å². The summed E-state index contributed by atoms with van der Waals surface area (Å²) in [6.45, 7) is 4.18. The van der Waals surface area contributed by atoms with E-state index < -0.39 is 43.1 Å². The molecular weight excluding hydrogens is 422 g/mol. The maximum absolute atomic E-state index is 12.6. The van der Waals surface area contributed by atoms with Crippen LogP contribution in [-0.4, -0.2) is 36.0 Å². The molecule has 0 fully saturated rings. The van der Waals surface area contributed by atoms with Crippen LogP contribution in [0.3, 0.4) is 0 Å². The highest BCUT2D eigenvalue weighted by Crippen LogP contribution is 2.23. The Balaban J connectivity index is 2.10. The number of nitro groups is 1. The fraction of sp³-hybridized carbons (Fsp3) is 0.286. The normalized spacial score (nSPS) is 12.5. The van der Waals surface area contributed by atoms with Crippen LogP contribution in [0.1, 0.15) is 25.8 Å². The summed E-state index contributed by atoms with van der Waals surface area (Å²) in [7, 11) is -4.45. The van der Waals surface area contributed by atoms with Crippen LogP contribution in [0.25, 0.3) is 0 Å². The first kappa shape index (κ1) is 24.0. The molecule has 2 aromatic rings. The summed E-state index contributed by atoms with van der Waals surface area (Å²) in [4.78, 5) is 21.2. The predicted octanol–water partition coefficient (Wildman–Crippen LogP) is 2.29. The van der Waals surface area contributed by atoms with Gasteiger partial charge in [0.1, 0.15) is 6.04 Å². The number of nitrogens with one attached hydrogen (secondary N) is 2. The quantitative estimate of drug-likeness (QED) is 0.306. The zero-order valence-corrected chi connectivity index (χ0v) is 17.8. The Morgan fingerprint density at radius 2 is 1.77 bits per heavy atom. The van der Waals surface area contributed by atoms with Crippen molar-refractivity contribution in [2.45, 2.75) is 43.3 Å². The molecule has 10 heteroatoms. The fourth-order valence-electron chi connectivity index (χ4n) is 2.60. The van der Waals surface area contributed by atoms with Gasteiger partial charge in [-0.3, -0.25) is 20.2 Å². The summed E-state index contributed by atoms with van der Waals surface area (Å²) < 4.78 is 27.1. The third-order valence-corrected chi connectivity index (χ3v) is 5.75. The number of hydrogen-bond acceptors (Lipinski definition) is 6. The SMILES string of the molecule is CC(C)(C#CC[C@H](NS(=O)(=O)c1ccccc1[N+](=O)[O-])C(=O)O)NCc1ccccc1. The highest BCUT2D eigenvalue weighted by atomic mass is 32.2. The Bertz CT molecular complexity index is 1100. The fourth-order valence-corrected chi connectivity index (χ4v) is 3.96. The van der Waals surface area contributed by atoms with Crippen molar-refractivity contribution in [3.05, 3.63) is 70.3 Å². The molecule has 0 aliphatic rings. The average Bonchev–Trinajstić information content (AvgIpc) is 2.72. The number of aliphatic carboxylic acids is 1.